The van der Waals surface area contributed by atoms with Crippen molar-refractivity contribution in [1.29, 1.82) is 0 Å². The van der Waals surface area contributed by atoms with Crippen LogP contribution in [0.15, 0.2) is 63.9 Å². The molecule has 0 aliphatic carbocycles. The van der Waals surface area contributed by atoms with Crippen molar-refractivity contribution in [2.45, 2.75) is 18.7 Å². The zero-order valence-corrected chi connectivity index (χ0v) is 14.8. The third-order valence-corrected chi connectivity index (χ3v) is 4.93. The number of hydrogen-bond donors (Lipinski definition) is 0. The largest absolute Gasteiger partial charge is 0.356 e. The average Bonchev–Trinajstić information content (AvgIpc) is 2.62. The Labute approximate surface area is 146 Å². The van der Waals surface area contributed by atoms with Crippen molar-refractivity contribution in [3.63, 3.8) is 0 Å². The van der Waals surface area contributed by atoms with E-state index in [0.717, 1.165) is 0 Å². The zero-order valence-electron chi connectivity index (χ0n) is 14.0. The monoisotopic (exact) mass is 361 g/mol. The summed E-state index contributed by atoms with van der Waals surface area (Å²) in [4.78, 5) is 12.2. The lowest BCUT2D eigenvalue weighted by atomic mass is 10.1. The molecule has 0 radical (unpaired) electrons. The highest BCUT2D eigenvalue weighted by Crippen LogP contribution is 2.18. The molecule has 8 heteroatoms. The first-order valence-electron chi connectivity index (χ1n) is 7.78. The lowest BCUT2D eigenvalue weighted by molar-refractivity contribution is -0.384. The summed E-state index contributed by atoms with van der Waals surface area (Å²) in [6.45, 7) is 4.88. The fourth-order valence-corrected chi connectivity index (χ4v) is 3.36. The van der Waals surface area contributed by atoms with Crippen LogP contribution in [0.1, 0.15) is 19.4 Å². The van der Waals surface area contributed by atoms with E-state index in [4.69, 9.17) is 0 Å². The van der Waals surface area contributed by atoms with E-state index in [2.05, 4.69) is 4.40 Å². The van der Waals surface area contributed by atoms with Gasteiger partial charge in [-0.1, -0.05) is 18.2 Å². The number of non-ortho nitro benzene ring substituents is 1. The lowest BCUT2D eigenvalue weighted by Crippen LogP contribution is -2.32. The van der Waals surface area contributed by atoms with Gasteiger partial charge in [0.15, 0.2) is 0 Å². The van der Waals surface area contributed by atoms with Crippen LogP contribution < -0.4 is 0 Å². The molecule has 2 rings (SSSR count). The number of nitro benzene ring substituents is 1. The van der Waals surface area contributed by atoms with Gasteiger partial charge in [0.05, 0.1) is 9.82 Å². The molecule has 0 atom stereocenters. The van der Waals surface area contributed by atoms with Crippen LogP contribution in [0.5, 0.6) is 0 Å². The summed E-state index contributed by atoms with van der Waals surface area (Å²) in [5, 5.41) is 10.8. The molecule has 0 heterocycles. The average molecular weight is 361 g/mol. The molecule has 2 aromatic carbocycles. The van der Waals surface area contributed by atoms with E-state index in [1.807, 2.05) is 13.8 Å². The fourth-order valence-electron chi connectivity index (χ4n) is 2.31. The summed E-state index contributed by atoms with van der Waals surface area (Å²) in [7, 11) is -3.89. The minimum absolute atomic E-state index is 0.0615. The number of rotatable bonds is 6. The van der Waals surface area contributed by atoms with Gasteiger partial charge in [0.2, 0.25) is 0 Å². The highest BCUT2D eigenvalue weighted by molar-refractivity contribution is 7.90. The lowest BCUT2D eigenvalue weighted by Gasteiger charge is -2.23. The molecule has 0 aliphatic rings. The van der Waals surface area contributed by atoms with Gasteiger partial charge in [-0.15, -0.1) is 4.40 Å². The van der Waals surface area contributed by atoms with Gasteiger partial charge < -0.3 is 4.90 Å². The Morgan fingerprint density at radius 3 is 2.08 bits per heavy atom. The van der Waals surface area contributed by atoms with E-state index in [1.54, 1.807) is 23.1 Å². The van der Waals surface area contributed by atoms with Crippen LogP contribution in [0.3, 0.4) is 0 Å². The van der Waals surface area contributed by atoms with Crippen LogP contribution in [0, 0.1) is 10.1 Å². The van der Waals surface area contributed by atoms with Crippen molar-refractivity contribution >= 4 is 21.5 Å². The third kappa shape index (κ3) is 4.42. The van der Waals surface area contributed by atoms with Crippen molar-refractivity contribution in [2.75, 3.05) is 13.1 Å². The predicted octanol–water partition coefficient (Wildman–Crippen LogP) is 3.07. The maximum Gasteiger partial charge on any atom is 0.284 e. The number of sulfonamides is 1. The summed E-state index contributed by atoms with van der Waals surface area (Å²) in [6.07, 6.45) is 0. The Balaban J connectivity index is 2.55. The summed E-state index contributed by atoms with van der Waals surface area (Å²) in [5.41, 5.74) is 0.447. The van der Waals surface area contributed by atoms with Gasteiger partial charge in [0.1, 0.15) is 5.84 Å². The van der Waals surface area contributed by atoms with E-state index < -0.39 is 14.9 Å². The van der Waals surface area contributed by atoms with Crippen LogP contribution in [-0.4, -0.2) is 37.2 Å². The molecule has 0 spiro atoms. The van der Waals surface area contributed by atoms with Gasteiger partial charge in [-0.2, -0.15) is 8.42 Å². The maximum atomic E-state index is 12.6. The Kier molecular flexibility index (Phi) is 5.87. The molecule has 0 amide bonds. The Bertz CT molecular complexity index is 859. The summed E-state index contributed by atoms with van der Waals surface area (Å²) >= 11 is 0. The molecule has 0 saturated heterocycles. The van der Waals surface area contributed by atoms with Crippen LogP contribution in [0.25, 0.3) is 0 Å². The van der Waals surface area contributed by atoms with Gasteiger partial charge in [-0.25, -0.2) is 0 Å². The number of hydrogen-bond acceptors (Lipinski definition) is 4. The fraction of sp³-hybridized carbons (Fsp3) is 0.235. The molecule has 2 aromatic rings. The molecule has 0 bridgehead atoms. The normalized spacial score (nSPS) is 12.0. The minimum atomic E-state index is -3.89. The quantitative estimate of drug-likeness (QED) is 0.341. The predicted molar refractivity (Wildman–Crippen MR) is 96.2 cm³/mol. The first-order valence-corrected chi connectivity index (χ1v) is 9.22. The maximum absolute atomic E-state index is 12.6. The van der Waals surface area contributed by atoms with Crippen LogP contribution in [0.4, 0.5) is 5.69 Å². The number of nitro groups is 1. The molecule has 7 nitrogen and oxygen atoms in total. The first-order chi connectivity index (χ1) is 11.9. The molecule has 25 heavy (non-hydrogen) atoms. The first kappa shape index (κ1) is 18.6. The van der Waals surface area contributed by atoms with Gasteiger partial charge in [0, 0.05) is 30.8 Å². The number of amidine groups is 1. The van der Waals surface area contributed by atoms with E-state index >= 15 is 0 Å². The molecule has 0 aliphatic heterocycles. The van der Waals surface area contributed by atoms with Crippen molar-refractivity contribution in [3.8, 4) is 0 Å². The summed E-state index contributed by atoms with van der Waals surface area (Å²) in [5.74, 6) is 0.267. The van der Waals surface area contributed by atoms with E-state index in [0.29, 0.717) is 18.7 Å². The Morgan fingerprint density at radius 1 is 1.04 bits per heavy atom. The molecular weight excluding hydrogens is 342 g/mol. The Morgan fingerprint density at radius 2 is 1.60 bits per heavy atom. The second kappa shape index (κ2) is 7.89. The molecule has 0 fully saturated rings. The smallest absolute Gasteiger partial charge is 0.284 e. The molecule has 0 unspecified atom stereocenters. The highest BCUT2D eigenvalue weighted by Gasteiger charge is 2.19. The van der Waals surface area contributed by atoms with Gasteiger partial charge >= 0.3 is 0 Å². The third-order valence-electron chi connectivity index (χ3n) is 3.65. The SMILES string of the molecule is CCN(CC)/C(=N/S(=O)(=O)c1ccccc1)c1ccc([N+](=O)[O-])cc1. The molecule has 0 N–H and O–H groups in total. The van der Waals surface area contributed by atoms with Crippen LogP contribution >= 0.6 is 0 Å². The van der Waals surface area contributed by atoms with Crippen molar-refractivity contribution < 1.29 is 13.3 Å². The van der Waals surface area contributed by atoms with Gasteiger partial charge in [0.25, 0.3) is 15.7 Å². The van der Waals surface area contributed by atoms with E-state index in [-0.39, 0.29) is 16.4 Å². The zero-order chi connectivity index (χ0) is 18.4. The Hall–Kier alpha value is -2.74. The van der Waals surface area contributed by atoms with Crippen molar-refractivity contribution in [1.82, 2.24) is 4.90 Å². The van der Waals surface area contributed by atoms with E-state index in [9.17, 15) is 18.5 Å². The number of benzene rings is 2. The minimum Gasteiger partial charge on any atom is -0.356 e. The highest BCUT2D eigenvalue weighted by atomic mass is 32.2. The molecule has 132 valence electrons. The summed E-state index contributed by atoms with van der Waals surface area (Å²) < 4.78 is 29.2. The van der Waals surface area contributed by atoms with Crippen molar-refractivity contribution in [2.24, 2.45) is 4.40 Å². The molecule has 0 saturated carbocycles. The van der Waals surface area contributed by atoms with Crippen molar-refractivity contribution in [3.05, 3.63) is 70.3 Å². The van der Waals surface area contributed by atoms with Crippen LogP contribution in [0.2, 0.25) is 0 Å². The van der Waals surface area contributed by atoms with Crippen LogP contribution in [-0.2, 0) is 10.0 Å². The second-order valence-corrected chi connectivity index (χ2v) is 6.78. The molecule has 0 aromatic heterocycles. The number of nitrogens with zero attached hydrogens (tertiary/aromatic N) is 3. The second-order valence-electron chi connectivity index (χ2n) is 5.18. The van der Waals surface area contributed by atoms with Gasteiger partial charge in [-0.05, 0) is 38.1 Å². The topological polar surface area (TPSA) is 92.9 Å². The standard InChI is InChI=1S/C17H19N3O4S/c1-3-19(4-2)17(14-10-12-15(13-11-14)20(21)22)18-25(23,24)16-8-6-5-7-9-16/h5-13H,3-4H2,1-2H3/b18-17+. The molecular formula is C17H19N3O4S. The summed E-state index contributed by atoms with van der Waals surface area (Å²) in [6, 6.07) is 13.6. The van der Waals surface area contributed by atoms with E-state index in [1.165, 1.54) is 36.4 Å². The van der Waals surface area contributed by atoms with Gasteiger partial charge in [-0.3, -0.25) is 10.1 Å².